The van der Waals surface area contributed by atoms with E-state index in [1.807, 2.05) is 6.07 Å². The zero-order chi connectivity index (χ0) is 22.5. The predicted octanol–water partition coefficient (Wildman–Crippen LogP) is 2.50. The highest BCUT2D eigenvalue weighted by atomic mass is 19.1. The van der Waals surface area contributed by atoms with Crippen LogP contribution in [0.5, 0.6) is 0 Å². The fourth-order valence-electron chi connectivity index (χ4n) is 3.61. The maximum Gasteiger partial charge on any atom is 0.250 e. The average molecular weight is 430 g/mol. The van der Waals surface area contributed by atoms with Crippen molar-refractivity contribution in [3.05, 3.63) is 59.6 Å². The standard InChI is InChI=1S/C21H15FN8O2/c1-21(10-23)16-17(24)25-18(26-19(16)27-20(21)31)14-8-15(13-6-7-32-29-13)30(28-14)9-11-4-2-3-5-12(11)22/h2-8H,9H2,1H3,(H3,24,25,26,27,31). The van der Waals surface area contributed by atoms with Crippen LogP contribution in [-0.4, -0.2) is 30.8 Å². The van der Waals surface area contributed by atoms with Gasteiger partial charge in [-0.1, -0.05) is 23.4 Å². The normalized spacial score (nSPS) is 17.1. The van der Waals surface area contributed by atoms with Gasteiger partial charge in [-0.05, 0) is 19.1 Å². The minimum atomic E-state index is -1.48. The molecule has 11 heteroatoms. The van der Waals surface area contributed by atoms with Crippen molar-refractivity contribution in [3.63, 3.8) is 0 Å². The second kappa shape index (κ2) is 6.98. The summed E-state index contributed by atoms with van der Waals surface area (Å²) in [7, 11) is 0. The molecular formula is C21H15FN8O2. The summed E-state index contributed by atoms with van der Waals surface area (Å²) in [5, 5.41) is 20.5. The number of nitrogens with two attached hydrogens (primary N) is 1. The van der Waals surface area contributed by atoms with Gasteiger partial charge in [-0.15, -0.1) is 0 Å². The summed E-state index contributed by atoms with van der Waals surface area (Å²) < 4.78 is 20.7. The molecular weight excluding hydrogens is 415 g/mol. The van der Waals surface area contributed by atoms with Gasteiger partial charge in [-0.3, -0.25) is 9.48 Å². The Hall–Kier alpha value is -4.59. The van der Waals surface area contributed by atoms with Gasteiger partial charge in [0.1, 0.15) is 35.1 Å². The first-order chi connectivity index (χ1) is 15.4. The number of carbonyl (C=O) groups excluding carboxylic acids is 1. The SMILES string of the molecule is CC1(C#N)C(=O)Nc2nc(-c3cc(-c4ccon4)n(Cc4ccccc4F)n3)nc(N)c21. The molecule has 5 rings (SSSR count). The molecule has 10 nitrogen and oxygen atoms in total. The number of nitrogen functional groups attached to an aromatic ring is 1. The van der Waals surface area contributed by atoms with Gasteiger partial charge in [-0.2, -0.15) is 10.4 Å². The van der Waals surface area contributed by atoms with Gasteiger partial charge in [0.2, 0.25) is 0 Å². The smallest absolute Gasteiger partial charge is 0.250 e. The fourth-order valence-corrected chi connectivity index (χ4v) is 3.61. The maximum atomic E-state index is 14.2. The minimum absolute atomic E-state index is 0.000889. The molecule has 1 unspecified atom stereocenters. The third kappa shape index (κ3) is 2.89. The molecule has 1 aromatic carbocycles. The van der Waals surface area contributed by atoms with E-state index < -0.39 is 11.3 Å². The molecule has 158 valence electrons. The van der Waals surface area contributed by atoms with Crippen LogP contribution in [0.15, 0.2) is 47.2 Å². The number of rotatable bonds is 4. The summed E-state index contributed by atoms with van der Waals surface area (Å²) in [6, 6.07) is 11.6. The highest BCUT2D eigenvalue weighted by Gasteiger charge is 2.46. The van der Waals surface area contributed by atoms with Crippen LogP contribution in [0.25, 0.3) is 22.9 Å². The Labute approximate surface area is 180 Å². The Balaban J connectivity index is 1.62. The molecule has 1 atom stereocenters. The Kier molecular flexibility index (Phi) is 4.23. The number of aromatic nitrogens is 5. The summed E-state index contributed by atoms with van der Waals surface area (Å²) in [5.74, 6) is -0.596. The largest absolute Gasteiger partial charge is 0.383 e. The van der Waals surface area contributed by atoms with E-state index in [0.717, 1.165) is 0 Å². The molecule has 0 saturated carbocycles. The maximum absolute atomic E-state index is 14.2. The van der Waals surface area contributed by atoms with E-state index in [0.29, 0.717) is 22.6 Å². The number of amides is 1. The first-order valence-electron chi connectivity index (χ1n) is 9.54. The predicted molar refractivity (Wildman–Crippen MR) is 110 cm³/mol. The number of nitrogens with zero attached hydrogens (tertiary/aromatic N) is 6. The molecule has 0 fully saturated rings. The third-order valence-electron chi connectivity index (χ3n) is 5.33. The monoisotopic (exact) mass is 430 g/mol. The summed E-state index contributed by atoms with van der Waals surface area (Å²) in [5.41, 5.74) is 6.64. The first-order valence-corrected chi connectivity index (χ1v) is 9.54. The Morgan fingerprint density at radius 3 is 2.81 bits per heavy atom. The first kappa shape index (κ1) is 19.4. The van der Waals surface area contributed by atoms with Crippen LogP contribution in [0.4, 0.5) is 16.0 Å². The van der Waals surface area contributed by atoms with Crippen LogP contribution >= 0.6 is 0 Å². The number of hydrogen-bond acceptors (Lipinski definition) is 8. The van der Waals surface area contributed by atoms with Gasteiger partial charge in [0.25, 0.3) is 5.91 Å². The van der Waals surface area contributed by atoms with Gasteiger partial charge in [0.15, 0.2) is 11.2 Å². The van der Waals surface area contributed by atoms with Gasteiger partial charge in [0, 0.05) is 11.6 Å². The van der Waals surface area contributed by atoms with Crippen LogP contribution in [0.1, 0.15) is 18.1 Å². The molecule has 0 spiro atoms. The molecule has 3 N–H and O–H groups in total. The highest BCUT2D eigenvalue weighted by Crippen LogP contribution is 2.40. The van der Waals surface area contributed by atoms with Crippen molar-refractivity contribution < 1.29 is 13.7 Å². The van der Waals surface area contributed by atoms with E-state index in [-0.39, 0.29) is 35.4 Å². The van der Waals surface area contributed by atoms with Gasteiger partial charge >= 0.3 is 0 Å². The molecule has 1 amide bonds. The molecule has 1 aliphatic rings. The fraction of sp³-hybridized carbons (Fsp3) is 0.143. The third-order valence-corrected chi connectivity index (χ3v) is 5.33. The zero-order valence-electron chi connectivity index (χ0n) is 16.7. The molecule has 32 heavy (non-hydrogen) atoms. The number of nitriles is 1. The van der Waals surface area contributed by atoms with Crippen molar-refractivity contribution >= 4 is 17.5 Å². The Morgan fingerprint density at radius 2 is 2.09 bits per heavy atom. The van der Waals surface area contributed by atoms with Crippen molar-refractivity contribution in [2.24, 2.45) is 0 Å². The van der Waals surface area contributed by atoms with Crippen LogP contribution in [0.3, 0.4) is 0 Å². The van der Waals surface area contributed by atoms with Crippen LogP contribution < -0.4 is 11.1 Å². The van der Waals surface area contributed by atoms with Crippen molar-refractivity contribution in [3.8, 4) is 29.0 Å². The van der Waals surface area contributed by atoms with E-state index in [9.17, 15) is 14.4 Å². The number of nitrogens with one attached hydrogen (secondary N) is 1. The lowest BCUT2D eigenvalue weighted by Gasteiger charge is -2.13. The molecule has 0 saturated heterocycles. The van der Waals surface area contributed by atoms with Crippen molar-refractivity contribution in [2.75, 3.05) is 11.1 Å². The number of hydrogen-bond donors (Lipinski definition) is 2. The number of carbonyl (C=O) groups is 1. The lowest BCUT2D eigenvalue weighted by Crippen LogP contribution is -2.29. The number of fused-ring (bicyclic) bond motifs is 1. The van der Waals surface area contributed by atoms with Crippen molar-refractivity contribution in [2.45, 2.75) is 18.9 Å². The summed E-state index contributed by atoms with van der Waals surface area (Å²) >= 11 is 0. The average Bonchev–Trinajstić information content (AvgIpc) is 3.49. The lowest BCUT2D eigenvalue weighted by molar-refractivity contribution is -0.118. The van der Waals surface area contributed by atoms with E-state index in [1.165, 1.54) is 19.3 Å². The molecule has 4 heterocycles. The molecule has 1 aliphatic heterocycles. The quantitative estimate of drug-likeness (QED) is 0.502. The molecule has 4 aromatic rings. The molecule has 0 radical (unpaired) electrons. The number of benzene rings is 1. The van der Waals surface area contributed by atoms with Crippen LogP contribution in [0.2, 0.25) is 0 Å². The number of anilines is 2. The summed E-state index contributed by atoms with van der Waals surface area (Å²) in [6.07, 6.45) is 1.41. The summed E-state index contributed by atoms with van der Waals surface area (Å²) in [4.78, 5) is 21.0. The number of halogens is 1. The van der Waals surface area contributed by atoms with Crippen LogP contribution in [-0.2, 0) is 16.8 Å². The molecule has 3 aromatic heterocycles. The van der Waals surface area contributed by atoms with E-state index in [2.05, 4.69) is 25.5 Å². The van der Waals surface area contributed by atoms with Crippen molar-refractivity contribution in [1.29, 1.82) is 5.26 Å². The van der Waals surface area contributed by atoms with Crippen LogP contribution in [0, 0.1) is 17.1 Å². The minimum Gasteiger partial charge on any atom is -0.383 e. The molecule has 0 aliphatic carbocycles. The Morgan fingerprint density at radius 1 is 1.28 bits per heavy atom. The second-order valence-corrected chi connectivity index (χ2v) is 7.40. The molecule has 0 bridgehead atoms. The lowest BCUT2D eigenvalue weighted by atomic mass is 9.86. The second-order valence-electron chi connectivity index (χ2n) is 7.40. The topological polar surface area (TPSA) is 149 Å². The van der Waals surface area contributed by atoms with Gasteiger partial charge < -0.3 is 15.6 Å². The Bertz CT molecular complexity index is 1410. The highest BCUT2D eigenvalue weighted by molar-refractivity contribution is 6.08. The van der Waals surface area contributed by atoms with E-state index >= 15 is 0 Å². The zero-order valence-corrected chi connectivity index (χ0v) is 16.7. The van der Waals surface area contributed by atoms with E-state index in [1.54, 1.807) is 35.0 Å². The van der Waals surface area contributed by atoms with Gasteiger partial charge in [-0.25, -0.2) is 14.4 Å². The summed E-state index contributed by atoms with van der Waals surface area (Å²) in [6.45, 7) is 1.58. The van der Waals surface area contributed by atoms with Crippen molar-refractivity contribution in [1.82, 2.24) is 24.9 Å². The van der Waals surface area contributed by atoms with E-state index in [4.69, 9.17) is 10.3 Å². The van der Waals surface area contributed by atoms with Gasteiger partial charge in [0.05, 0.1) is 23.9 Å².